The Morgan fingerprint density at radius 2 is 2.20 bits per heavy atom. The lowest BCUT2D eigenvalue weighted by Crippen LogP contribution is -2.44. The molecule has 2 atom stereocenters. The minimum absolute atomic E-state index is 0.470. The fraction of sp³-hybridized carbons (Fsp3) is 0.533. The summed E-state index contributed by atoms with van der Waals surface area (Å²) in [7, 11) is 0. The third kappa shape index (κ3) is 4.27. The molecule has 108 valence electrons. The van der Waals surface area contributed by atoms with Crippen LogP contribution in [0.15, 0.2) is 29.6 Å². The van der Waals surface area contributed by atoms with Crippen LogP contribution in [0.5, 0.6) is 0 Å². The molecular weight excluding hydrogens is 268 g/mol. The first kappa shape index (κ1) is 14.9. The smallest absolute Gasteiger partial charge is 0.187 e. The molecule has 0 bridgehead atoms. The maximum absolute atomic E-state index is 5.31. The van der Waals surface area contributed by atoms with Gasteiger partial charge in [-0.1, -0.05) is 25.8 Å². The first-order valence-electron chi connectivity index (χ1n) is 7.18. The first-order valence-corrected chi connectivity index (χ1v) is 7.59. The van der Waals surface area contributed by atoms with Crippen LogP contribution in [0, 0.1) is 5.92 Å². The number of rotatable bonds is 3. The maximum Gasteiger partial charge on any atom is 0.187 e. The van der Waals surface area contributed by atoms with Crippen LogP contribution in [0.4, 0.5) is 0 Å². The van der Waals surface area contributed by atoms with Crippen molar-refractivity contribution in [3.05, 3.63) is 30.1 Å². The lowest BCUT2D eigenvalue weighted by molar-refractivity contribution is 0.308. The molecule has 1 aromatic heterocycles. The molecular formula is C15H22N4S. The van der Waals surface area contributed by atoms with Crippen LogP contribution < -0.4 is 10.7 Å². The highest BCUT2D eigenvalue weighted by atomic mass is 32.1. The summed E-state index contributed by atoms with van der Waals surface area (Å²) in [5, 5.41) is 8.28. The molecule has 0 aliphatic heterocycles. The van der Waals surface area contributed by atoms with Gasteiger partial charge in [0.15, 0.2) is 5.11 Å². The van der Waals surface area contributed by atoms with E-state index in [1.165, 1.54) is 25.7 Å². The SMILES string of the molecule is C/C(=N/NC(=S)N[C@@H]1CCCC[C@@H]1C)c1cccnc1. The minimum atomic E-state index is 0.470. The minimum Gasteiger partial charge on any atom is -0.358 e. The second-order valence-electron chi connectivity index (χ2n) is 5.39. The lowest BCUT2D eigenvalue weighted by atomic mass is 9.86. The second-order valence-corrected chi connectivity index (χ2v) is 5.80. The topological polar surface area (TPSA) is 49.3 Å². The van der Waals surface area contributed by atoms with Crippen LogP contribution in [-0.2, 0) is 0 Å². The molecule has 1 aliphatic carbocycles. The van der Waals surface area contributed by atoms with E-state index >= 15 is 0 Å². The van der Waals surface area contributed by atoms with Crippen LogP contribution in [0.3, 0.4) is 0 Å². The molecule has 0 unspecified atom stereocenters. The van der Waals surface area contributed by atoms with Crippen molar-refractivity contribution in [2.75, 3.05) is 0 Å². The van der Waals surface area contributed by atoms with E-state index in [0.717, 1.165) is 11.3 Å². The van der Waals surface area contributed by atoms with Crippen LogP contribution in [0.25, 0.3) is 0 Å². The van der Waals surface area contributed by atoms with E-state index in [4.69, 9.17) is 12.2 Å². The van der Waals surface area contributed by atoms with Gasteiger partial charge in [-0.3, -0.25) is 10.4 Å². The molecule has 1 aromatic rings. The summed E-state index contributed by atoms with van der Waals surface area (Å²) < 4.78 is 0. The Morgan fingerprint density at radius 1 is 1.40 bits per heavy atom. The van der Waals surface area contributed by atoms with Crippen molar-refractivity contribution >= 4 is 23.0 Å². The van der Waals surface area contributed by atoms with Gasteiger partial charge in [0.25, 0.3) is 0 Å². The molecule has 2 N–H and O–H groups in total. The van der Waals surface area contributed by atoms with Gasteiger partial charge in [-0.15, -0.1) is 0 Å². The Labute approximate surface area is 126 Å². The van der Waals surface area contributed by atoms with Crippen molar-refractivity contribution in [2.45, 2.75) is 45.6 Å². The Bertz CT molecular complexity index is 472. The number of pyridine rings is 1. The third-order valence-electron chi connectivity index (χ3n) is 3.83. The number of thiocarbonyl (C=S) groups is 1. The standard InChI is InChI=1S/C15H22N4S/c1-11-6-3-4-8-14(11)17-15(20)19-18-12(2)13-7-5-9-16-10-13/h5,7,9-11,14H,3-4,6,8H2,1-2H3,(H2,17,19,20)/b18-12-/t11-,14+/m0/s1. The van der Waals surface area contributed by atoms with Crippen LogP contribution in [-0.4, -0.2) is 21.8 Å². The van der Waals surface area contributed by atoms with Gasteiger partial charge >= 0.3 is 0 Å². The largest absolute Gasteiger partial charge is 0.358 e. The van der Waals surface area contributed by atoms with Crippen molar-refractivity contribution in [1.82, 2.24) is 15.7 Å². The Hall–Kier alpha value is -1.49. The Morgan fingerprint density at radius 3 is 2.90 bits per heavy atom. The monoisotopic (exact) mass is 290 g/mol. The van der Waals surface area contributed by atoms with Gasteiger partial charge in [0.05, 0.1) is 5.71 Å². The van der Waals surface area contributed by atoms with Crippen molar-refractivity contribution in [2.24, 2.45) is 11.0 Å². The number of hydrogen-bond donors (Lipinski definition) is 2. The van der Waals surface area contributed by atoms with Crippen molar-refractivity contribution in [1.29, 1.82) is 0 Å². The zero-order valence-electron chi connectivity index (χ0n) is 12.1. The molecule has 1 fully saturated rings. The van der Waals surface area contributed by atoms with E-state index < -0.39 is 0 Å². The van der Waals surface area contributed by atoms with E-state index in [9.17, 15) is 0 Å². The third-order valence-corrected chi connectivity index (χ3v) is 4.04. The molecule has 0 aromatic carbocycles. The molecule has 0 radical (unpaired) electrons. The normalized spacial score (nSPS) is 23.2. The van der Waals surface area contributed by atoms with Gasteiger partial charge < -0.3 is 5.32 Å². The molecule has 0 spiro atoms. The average Bonchev–Trinajstić information content (AvgIpc) is 2.48. The maximum atomic E-state index is 5.31. The highest BCUT2D eigenvalue weighted by molar-refractivity contribution is 7.80. The number of nitrogens with one attached hydrogen (secondary N) is 2. The average molecular weight is 290 g/mol. The molecule has 0 saturated heterocycles. The van der Waals surface area contributed by atoms with E-state index in [1.807, 2.05) is 19.1 Å². The second kappa shape index (κ2) is 7.33. The highest BCUT2D eigenvalue weighted by Gasteiger charge is 2.21. The summed E-state index contributed by atoms with van der Waals surface area (Å²) in [5.74, 6) is 0.673. The van der Waals surface area contributed by atoms with Gasteiger partial charge in [-0.25, -0.2) is 0 Å². The van der Waals surface area contributed by atoms with Crippen molar-refractivity contribution in [3.8, 4) is 0 Å². The summed E-state index contributed by atoms with van der Waals surface area (Å²) in [5.41, 5.74) is 4.80. The van der Waals surface area contributed by atoms with Gasteiger partial charge in [0.1, 0.15) is 0 Å². The number of aromatic nitrogens is 1. The summed E-state index contributed by atoms with van der Waals surface area (Å²) in [6.07, 6.45) is 8.62. The van der Waals surface area contributed by atoms with Crippen molar-refractivity contribution in [3.63, 3.8) is 0 Å². The summed E-state index contributed by atoms with van der Waals surface area (Å²) in [6.45, 7) is 4.22. The number of hydrazone groups is 1. The van der Waals surface area contributed by atoms with E-state index in [1.54, 1.807) is 12.4 Å². The first-order chi connectivity index (χ1) is 9.66. The molecule has 1 aliphatic rings. The summed E-state index contributed by atoms with van der Waals surface area (Å²) in [4.78, 5) is 4.08. The lowest BCUT2D eigenvalue weighted by Gasteiger charge is -2.30. The summed E-state index contributed by atoms with van der Waals surface area (Å²) in [6, 6.07) is 4.35. The molecule has 2 rings (SSSR count). The highest BCUT2D eigenvalue weighted by Crippen LogP contribution is 2.23. The van der Waals surface area contributed by atoms with Crippen LogP contribution in [0.1, 0.15) is 45.1 Å². The predicted molar refractivity (Wildman–Crippen MR) is 86.7 cm³/mol. The number of nitrogens with zero attached hydrogens (tertiary/aromatic N) is 2. The predicted octanol–water partition coefficient (Wildman–Crippen LogP) is 2.85. The van der Waals surface area contributed by atoms with E-state index in [-0.39, 0.29) is 0 Å². The van der Waals surface area contributed by atoms with Gasteiger partial charge in [0.2, 0.25) is 0 Å². The van der Waals surface area contributed by atoms with E-state index in [0.29, 0.717) is 17.1 Å². The molecule has 0 amide bonds. The summed E-state index contributed by atoms with van der Waals surface area (Å²) >= 11 is 5.31. The number of hydrogen-bond acceptors (Lipinski definition) is 3. The fourth-order valence-electron chi connectivity index (χ4n) is 2.51. The zero-order chi connectivity index (χ0) is 14.4. The van der Waals surface area contributed by atoms with Gasteiger partial charge in [0, 0.05) is 24.0 Å². The molecule has 4 nitrogen and oxygen atoms in total. The molecule has 5 heteroatoms. The molecule has 1 heterocycles. The quantitative estimate of drug-likeness (QED) is 0.510. The van der Waals surface area contributed by atoms with Crippen molar-refractivity contribution < 1.29 is 0 Å². The molecule has 20 heavy (non-hydrogen) atoms. The molecule has 1 saturated carbocycles. The van der Waals surface area contributed by atoms with E-state index in [2.05, 4.69) is 27.8 Å². The van der Waals surface area contributed by atoms with Gasteiger partial charge in [-0.05, 0) is 44.0 Å². The van der Waals surface area contributed by atoms with Crippen LogP contribution in [0.2, 0.25) is 0 Å². The zero-order valence-corrected chi connectivity index (χ0v) is 12.9. The fourth-order valence-corrected chi connectivity index (χ4v) is 2.70. The van der Waals surface area contributed by atoms with Crippen LogP contribution >= 0.6 is 12.2 Å². The van der Waals surface area contributed by atoms with Gasteiger partial charge in [-0.2, -0.15) is 5.10 Å². The Balaban J connectivity index is 1.85. The Kier molecular flexibility index (Phi) is 5.47.